The van der Waals surface area contributed by atoms with E-state index >= 15 is 0 Å². The Morgan fingerprint density at radius 1 is 1.17 bits per heavy atom. The second-order valence-corrected chi connectivity index (χ2v) is 8.78. The summed E-state index contributed by atoms with van der Waals surface area (Å²) in [4.78, 5) is 28.6. The highest BCUT2D eigenvalue weighted by atomic mass is 79.9. The van der Waals surface area contributed by atoms with Crippen LogP contribution in [0.2, 0.25) is 0 Å². The summed E-state index contributed by atoms with van der Waals surface area (Å²) in [5, 5.41) is 16.1. The average Bonchev–Trinajstić information content (AvgIpc) is 3.35. The number of hydrogen-bond donors (Lipinski definition) is 0. The molecule has 0 radical (unpaired) electrons. The molecule has 0 amide bonds. The quantitative estimate of drug-likeness (QED) is 0.184. The first kappa shape index (κ1) is 23.5. The normalized spacial score (nSPS) is 12.4. The molecule has 10 nitrogen and oxygen atoms in total. The summed E-state index contributed by atoms with van der Waals surface area (Å²) in [5.41, 5.74) is 1.26. The lowest BCUT2D eigenvalue weighted by molar-refractivity contribution is -0.384. The third-order valence-electron chi connectivity index (χ3n) is 5.54. The van der Waals surface area contributed by atoms with Gasteiger partial charge in [0.25, 0.3) is 11.2 Å². The number of ether oxygens (including phenoxy) is 3. The third kappa shape index (κ3) is 4.65. The van der Waals surface area contributed by atoms with Crippen molar-refractivity contribution >= 4 is 38.7 Å². The maximum atomic E-state index is 13.2. The Morgan fingerprint density at radius 2 is 2.00 bits per heavy atom. The van der Waals surface area contributed by atoms with Crippen molar-refractivity contribution < 1.29 is 19.1 Å². The van der Waals surface area contributed by atoms with E-state index in [-0.39, 0.29) is 24.6 Å². The number of aryl methyl sites for hydroxylation is 1. The van der Waals surface area contributed by atoms with Gasteiger partial charge in [-0.15, -0.1) is 0 Å². The molecule has 182 valence electrons. The summed E-state index contributed by atoms with van der Waals surface area (Å²) >= 11 is 3.38. The summed E-state index contributed by atoms with van der Waals surface area (Å²) in [6, 6.07) is 14.9. The number of aromatic nitrogens is 2. The van der Waals surface area contributed by atoms with Gasteiger partial charge in [0.15, 0.2) is 11.5 Å². The van der Waals surface area contributed by atoms with Crippen LogP contribution in [0.3, 0.4) is 0 Å². The predicted molar refractivity (Wildman–Crippen MR) is 136 cm³/mol. The van der Waals surface area contributed by atoms with Crippen LogP contribution < -0.4 is 19.8 Å². The lowest BCUT2D eigenvalue weighted by Crippen LogP contribution is -2.22. The van der Waals surface area contributed by atoms with E-state index in [1.54, 1.807) is 18.2 Å². The van der Waals surface area contributed by atoms with Crippen molar-refractivity contribution in [2.45, 2.75) is 20.0 Å². The van der Waals surface area contributed by atoms with Crippen molar-refractivity contribution in [2.24, 2.45) is 5.10 Å². The van der Waals surface area contributed by atoms with Gasteiger partial charge in [-0.2, -0.15) is 9.78 Å². The molecular formula is C25H19BrN4O6. The molecule has 1 aromatic heterocycles. The van der Waals surface area contributed by atoms with Gasteiger partial charge in [0.2, 0.25) is 6.79 Å². The number of benzene rings is 3. The molecule has 0 atom stereocenters. The van der Waals surface area contributed by atoms with Gasteiger partial charge in [-0.1, -0.05) is 28.9 Å². The van der Waals surface area contributed by atoms with Crippen LogP contribution in [-0.2, 0) is 13.0 Å². The van der Waals surface area contributed by atoms with Crippen molar-refractivity contribution in [2.75, 3.05) is 6.79 Å². The molecule has 0 N–H and O–H groups in total. The Morgan fingerprint density at radius 3 is 2.81 bits per heavy atom. The van der Waals surface area contributed by atoms with Crippen LogP contribution in [0.15, 0.2) is 69.0 Å². The largest absolute Gasteiger partial charge is 0.488 e. The maximum Gasteiger partial charge on any atom is 0.282 e. The Labute approximate surface area is 213 Å². The molecule has 0 saturated carbocycles. The fraction of sp³-hybridized carbons (Fsp3) is 0.160. The molecule has 0 bridgehead atoms. The van der Waals surface area contributed by atoms with Crippen LogP contribution in [0.5, 0.6) is 17.2 Å². The van der Waals surface area contributed by atoms with Gasteiger partial charge in [0, 0.05) is 28.6 Å². The molecule has 0 spiro atoms. The van der Waals surface area contributed by atoms with Crippen molar-refractivity contribution in [1.29, 1.82) is 0 Å². The molecule has 4 aromatic rings. The summed E-state index contributed by atoms with van der Waals surface area (Å²) in [7, 11) is 0. The standard InChI is InChI=1S/C25H19BrN4O6/c1-2-24-28-20-6-4-17(26)11-19(20)25(31)29(24)27-12-16-10-18(30(32)33)5-8-21(16)34-13-15-3-7-22-23(9-15)36-14-35-22/h3-12H,2,13-14H2,1H3. The van der Waals surface area contributed by atoms with Crippen LogP contribution >= 0.6 is 15.9 Å². The van der Waals surface area contributed by atoms with Crippen molar-refractivity contribution in [1.82, 2.24) is 9.66 Å². The van der Waals surface area contributed by atoms with Gasteiger partial charge >= 0.3 is 0 Å². The number of nitrogens with zero attached hydrogens (tertiary/aromatic N) is 4. The van der Waals surface area contributed by atoms with E-state index in [2.05, 4.69) is 26.0 Å². The van der Waals surface area contributed by atoms with Gasteiger partial charge in [-0.05, 0) is 42.0 Å². The SMILES string of the molecule is CCc1nc2ccc(Br)cc2c(=O)n1N=Cc1cc([N+](=O)[O-])ccc1OCc1ccc2c(c1)OCO2. The Kier molecular flexibility index (Phi) is 6.38. The Balaban J connectivity index is 1.50. The molecule has 11 heteroatoms. The minimum absolute atomic E-state index is 0.129. The van der Waals surface area contributed by atoms with Gasteiger partial charge in [-0.25, -0.2) is 4.98 Å². The Bertz CT molecular complexity index is 1580. The summed E-state index contributed by atoms with van der Waals surface area (Å²) in [5.74, 6) is 2.11. The highest BCUT2D eigenvalue weighted by Gasteiger charge is 2.15. The van der Waals surface area contributed by atoms with Crippen LogP contribution in [0.4, 0.5) is 5.69 Å². The maximum absolute atomic E-state index is 13.2. The van der Waals surface area contributed by atoms with Crippen molar-refractivity contribution in [3.8, 4) is 17.2 Å². The van der Waals surface area contributed by atoms with Crippen molar-refractivity contribution in [3.63, 3.8) is 0 Å². The van der Waals surface area contributed by atoms with E-state index < -0.39 is 4.92 Å². The summed E-state index contributed by atoms with van der Waals surface area (Å²) in [6.45, 7) is 2.22. The zero-order valence-electron chi connectivity index (χ0n) is 19.0. The second-order valence-electron chi connectivity index (χ2n) is 7.86. The molecule has 0 fully saturated rings. The number of rotatable bonds is 7. The van der Waals surface area contributed by atoms with E-state index in [1.165, 1.54) is 29.1 Å². The highest BCUT2D eigenvalue weighted by molar-refractivity contribution is 9.10. The van der Waals surface area contributed by atoms with E-state index in [0.29, 0.717) is 46.0 Å². The highest BCUT2D eigenvalue weighted by Crippen LogP contribution is 2.33. The minimum Gasteiger partial charge on any atom is -0.488 e. The first-order valence-electron chi connectivity index (χ1n) is 11.0. The van der Waals surface area contributed by atoms with E-state index in [1.807, 2.05) is 25.1 Å². The zero-order valence-corrected chi connectivity index (χ0v) is 20.6. The van der Waals surface area contributed by atoms with Crippen LogP contribution in [0, 0.1) is 10.1 Å². The number of fused-ring (bicyclic) bond motifs is 2. The second kappa shape index (κ2) is 9.78. The molecule has 0 aliphatic carbocycles. The van der Waals surface area contributed by atoms with Gasteiger partial charge in [-0.3, -0.25) is 14.9 Å². The number of halogens is 1. The summed E-state index contributed by atoms with van der Waals surface area (Å²) < 4.78 is 18.6. The van der Waals surface area contributed by atoms with Crippen molar-refractivity contribution in [3.05, 3.63) is 96.5 Å². The Hall–Kier alpha value is -4.25. The molecular weight excluding hydrogens is 532 g/mol. The smallest absolute Gasteiger partial charge is 0.282 e. The number of hydrogen-bond acceptors (Lipinski definition) is 8. The molecule has 2 heterocycles. The monoisotopic (exact) mass is 550 g/mol. The third-order valence-corrected chi connectivity index (χ3v) is 6.03. The molecule has 36 heavy (non-hydrogen) atoms. The molecule has 0 unspecified atom stereocenters. The van der Waals surface area contributed by atoms with Gasteiger partial charge < -0.3 is 14.2 Å². The predicted octanol–water partition coefficient (Wildman–Crippen LogP) is 4.82. The number of nitro benzene ring substituents is 1. The molecule has 0 saturated heterocycles. The lowest BCUT2D eigenvalue weighted by atomic mass is 10.2. The van der Waals surface area contributed by atoms with E-state index in [4.69, 9.17) is 14.2 Å². The fourth-order valence-corrected chi connectivity index (χ4v) is 4.10. The zero-order chi connectivity index (χ0) is 25.2. The topological polar surface area (TPSA) is 118 Å². The van der Waals surface area contributed by atoms with E-state index in [9.17, 15) is 14.9 Å². The first-order chi connectivity index (χ1) is 17.4. The van der Waals surface area contributed by atoms with E-state index in [0.717, 1.165) is 10.0 Å². The minimum atomic E-state index is -0.502. The number of non-ortho nitro benzene ring substituents is 1. The molecule has 3 aromatic carbocycles. The lowest BCUT2D eigenvalue weighted by Gasteiger charge is -2.11. The first-order valence-corrected chi connectivity index (χ1v) is 11.8. The van der Waals surface area contributed by atoms with Gasteiger partial charge in [0.1, 0.15) is 18.2 Å². The van der Waals surface area contributed by atoms with Crippen LogP contribution in [0.25, 0.3) is 10.9 Å². The van der Waals surface area contributed by atoms with Crippen LogP contribution in [0.1, 0.15) is 23.9 Å². The van der Waals surface area contributed by atoms with Gasteiger partial charge in [0.05, 0.1) is 22.0 Å². The summed E-state index contributed by atoms with van der Waals surface area (Å²) in [6.07, 6.45) is 1.83. The molecule has 1 aliphatic rings. The average molecular weight is 551 g/mol. The van der Waals surface area contributed by atoms with Crippen LogP contribution in [-0.4, -0.2) is 27.6 Å². The molecule has 1 aliphatic heterocycles. The number of nitro groups is 1. The fourth-order valence-electron chi connectivity index (χ4n) is 3.74. The molecule has 5 rings (SSSR count).